The van der Waals surface area contributed by atoms with Gasteiger partial charge in [0.05, 0.1) is 26.2 Å². The summed E-state index contributed by atoms with van der Waals surface area (Å²) in [6, 6.07) is 11.9. The maximum absolute atomic E-state index is 4.12. The van der Waals surface area contributed by atoms with E-state index in [0.717, 1.165) is 18.5 Å². The Hall–Kier alpha value is -0.860. The minimum absolute atomic E-state index is 0.349. The molecule has 0 aromatic heterocycles. The zero-order valence-corrected chi connectivity index (χ0v) is 12.1. The van der Waals surface area contributed by atoms with E-state index in [2.05, 4.69) is 57.0 Å². The summed E-state index contributed by atoms with van der Waals surface area (Å²) >= 11 is 0. The Labute approximate surface area is 111 Å². The van der Waals surface area contributed by atoms with Gasteiger partial charge in [-0.15, -0.1) is 0 Å². The van der Waals surface area contributed by atoms with Crippen LogP contribution in [-0.2, 0) is 5.41 Å². The molecule has 0 bridgehead atoms. The van der Waals surface area contributed by atoms with Crippen molar-refractivity contribution in [3.8, 4) is 0 Å². The van der Waals surface area contributed by atoms with E-state index >= 15 is 0 Å². The van der Waals surface area contributed by atoms with Crippen LogP contribution in [0.5, 0.6) is 0 Å². The Bertz CT molecular complexity index is 376. The molecule has 18 heavy (non-hydrogen) atoms. The molecule has 2 rings (SSSR count). The lowest BCUT2D eigenvalue weighted by Crippen LogP contribution is -3.15. The van der Waals surface area contributed by atoms with E-state index in [1.807, 2.05) is 0 Å². The van der Waals surface area contributed by atoms with Crippen molar-refractivity contribution < 1.29 is 10.6 Å². The highest BCUT2D eigenvalue weighted by molar-refractivity contribution is 5.27. The molecule has 1 saturated heterocycles. The Balaban J connectivity index is 2.37. The molecule has 4 N–H and O–H groups in total. The molecule has 0 amide bonds. The van der Waals surface area contributed by atoms with Gasteiger partial charge >= 0.3 is 0 Å². The van der Waals surface area contributed by atoms with E-state index in [4.69, 9.17) is 0 Å². The third kappa shape index (κ3) is 2.32. The molecule has 1 fully saturated rings. The molecule has 1 heterocycles. The molecule has 1 aliphatic heterocycles. The molecule has 4 atom stereocenters. The van der Waals surface area contributed by atoms with Crippen LogP contribution in [0.15, 0.2) is 30.3 Å². The van der Waals surface area contributed by atoms with Crippen LogP contribution < -0.4 is 10.6 Å². The Morgan fingerprint density at radius 3 is 2.56 bits per heavy atom. The number of rotatable bonds is 3. The maximum atomic E-state index is 4.12. The van der Waals surface area contributed by atoms with Gasteiger partial charge in [-0.25, -0.2) is 0 Å². The fourth-order valence-electron chi connectivity index (χ4n) is 3.78. The van der Waals surface area contributed by atoms with Gasteiger partial charge in [-0.05, 0) is 12.5 Å². The normalized spacial score (nSPS) is 36.6. The van der Waals surface area contributed by atoms with E-state index in [1.54, 1.807) is 4.90 Å². The van der Waals surface area contributed by atoms with Crippen LogP contribution in [0.4, 0.5) is 0 Å². The molecule has 100 valence electrons. The first kappa shape index (κ1) is 13.6. The van der Waals surface area contributed by atoms with Gasteiger partial charge in [0.15, 0.2) is 0 Å². The van der Waals surface area contributed by atoms with Crippen LogP contribution in [0.2, 0.25) is 0 Å². The van der Waals surface area contributed by atoms with Gasteiger partial charge in [-0.1, -0.05) is 37.3 Å². The highest BCUT2D eigenvalue weighted by Gasteiger charge is 2.45. The highest BCUT2D eigenvalue weighted by atomic mass is 15.1. The van der Waals surface area contributed by atoms with Crippen molar-refractivity contribution >= 4 is 0 Å². The van der Waals surface area contributed by atoms with Crippen LogP contribution in [-0.4, -0.2) is 26.2 Å². The lowest BCUT2D eigenvalue weighted by Gasteiger charge is -2.47. The molecule has 1 unspecified atom stereocenters. The second kappa shape index (κ2) is 5.41. The Kier molecular flexibility index (Phi) is 4.08. The summed E-state index contributed by atoms with van der Waals surface area (Å²) in [6.07, 6.45) is 2.51. The smallest absolute Gasteiger partial charge is 0.0852 e. The summed E-state index contributed by atoms with van der Waals surface area (Å²) in [5.41, 5.74) is 6.00. The van der Waals surface area contributed by atoms with Crippen molar-refractivity contribution in [1.82, 2.24) is 0 Å². The molecular weight excluding hydrogens is 220 g/mol. The molecule has 0 spiro atoms. The zero-order valence-electron chi connectivity index (χ0n) is 12.1. The summed E-state index contributed by atoms with van der Waals surface area (Å²) in [7, 11) is 2.33. The zero-order chi connectivity index (χ0) is 13.2. The number of quaternary nitrogens is 2. The van der Waals surface area contributed by atoms with Crippen LogP contribution in [0.3, 0.4) is 0 Å². The van der Waals surface area contributed by atoms with E-state index in [-0.39, 0.29) is 0 Å². The maximum Gasteiger partial charge on any atom is 0.0852 e. The first-order valence-corrected chi connectivity index (χ1v) is 7.27. The standard InChI is InChI=1S/C16H26N2/c1-13-12-18(3)14(2)11-16(13,9-10-17)15-7-5-4-6-8-15/h4-8,13-14H,9-12,17H2,1-3H3/p+2/t13-,14+,16+/m1/s1. The van der Waals surface area contributed by atoms with Crippen LogP contribution >= 0.6 is 0 Å². The minimum atomic E-state index is 0.349. The number of nitrogens with one attached hydrogen (secondary N) is 1. The van der Waals surface area contributed by atoms with Crippen LogP contribution in [0.1, 0.15) is 32.3 Å². The second-order valence-corrected chi connectivity index (χ2v) is 6.18. The third-order valence-corrected chi connectivity index (χ3v) is 5.05. The van der Waals surface area contributed by atoms with Crippen molar-refractivity contribution in [3.63, 3.8) is 0 Å². The predicted octanol–water partition coefficient (Wildman–Crippen LogP) is 0.499. The fourth-order valence-corrected chi connectivity index (χ4v) is 3.78. The largest absolute Gasteiger partial charge is 0.358 e. The quantitative estimate of drug-likeness (QED) is 0.781. The first-order valence-electron chi connectivity index (χ1n) is 7.27. The topological polar surface area (TPSA) is 32.1 Å². The highest BCUT2D eigenvalue weighted by Crippen LogP contribution is 2.40. The minimum Gasteiger partial charge on any atom is -0.358 e. The van der Waals surface area contributed by atoms with Crippen molar-refractivity contribution in [3.05, 3.63) is 35.9 Å². The molecular formula is C16H28N2+2. The summed E-state index contributed by atoms with van der Waals surface area (Å²) < 4.78 is 0. The molecule has 1 aromatic carbocycles. The fraction of sp³-hybridized carbons (Fsp3) is 0.625. The van der Waals surface area contributed by atoms with Gasteiger partial charge in [-0.2, -0.15) is 0 Å². The first-order chi connectivity index (χ1) is 8.60. The molecule has 2 heteroatoms. The van der Waals surface area contributed by atoms with E-state index in [1.165, 1.54) is 24.9 Å². The number of hydrogen-bond acceptors (Lipinski definition) is 0. The predicted molar refractivity (Wildman–Crippen MR) is 75.5 cm³/mol. The molecule has 0 radical (unpaired) electrons. The van der Waals surface area contributed by atoms with Gasteiger partial charge < -0.3 is 10.6 Å². The van der Waals surface area contributed by atoms with Gasteiger partial charge in [-0.3, -0.25) is 0 Å². The lowest BCUT2D eigenvalue weighted by molar-refractivity contribution is -0.915. The molecule has 0 aliphatic carbocycles. The summed E-state index contributed by atoms with van der Waals surface area (Å²) in [5, 5.41) is 0. The van der Waals surface area contributed by atoms with Crippen LogP contribution in [0.25, 0.3) is 0 Å². The van der Waals surface area contributed by atoms with Crippen molar-refractivity contribution in [2.24, 2.45) is 5.92 Å². The Morgan fingerprint density at radius 2 is 1.94 bits per heavy atom. The van der Waals surface area contributed by atoms with Gasteiger partial charge in [0.25, 0.3) is 0 Å². The summed E-state index contributed by atoms with van der Waals surface area (Å²) in [6.45, 7) is 7.13. The van der Waals surface area contributed by atoms with E-state index in [0.29, 0.717) is 5.41 Å². The van der Waals surface area contributed by atoms with E-state index < -0.39 is 0 Å². The average molecular weight is 248 g/mol. The third-order valence-electron chi connectivity index (χ3n) is 5.05. The molecule has 0 saturated carbocycles. The number of benzene rings is 1. The number of piperidine rings is 1. The van der Waals surface area contributed by atoms with Crippen molar-refractivity contribution in [2.75, 3.05) is 20.1 Å². The molecule has 2 nitrogen and oxygen atoms in total. The van der Waals surface area contributed by atoms with Crippen molar-refractivity contribution in [2.45, 2.75) is 38.1 Å². The molecule has 1 aliphatic rings. The van der Waals surface area contributed by atoms with E-state index in [9.17, 15) is 0 Å². The second-order valence-electron chi connectivity index (χ2n) is 6.18. The number of hydrogen-bond donors (Lipinski definition) is 2. The van der Waals surface area contributed by atoms with Gasteiger partial charge in [0, 0.05) is 24.2 Å². The SMILES string of the molecule is C[C@@H]1C[NH+](C)[C@@H](C)C[C@]1(CC[NH3+])c1ccccc1. The van der Waals surface area contributed by atoms with Crippen molar-refractivity contribution in [1.29, 1.82) is 0 Å². The Morgan fingerprint density at radius 1 is 1.28 bits per heavy atom. The summed E-state index contributed by atoms with van der Waals surface area (Å²) in [4.78, 5) is 1.68. The van der Waals surface area contributed by atoms with Crippen LogP contribution in [0, 0.1) is 5.92 Å². The monoisotopic (exact) mass is 248 g/mol. The lowest BCUT2D eigenvalue weighted by atomic mass is 9.63. The average Bonchev–Trinajstić information content (AvgIpc) is 2.37. The van der Waals surface area contributed by atoms with Gasteiger partial charge in [0.2, 0.25) is 0 Å². The molecule has 1 aromatic rings. The summed E-state index contributed by atoms with van der Waals surface area (Å²) in [5.74, 6) is 0.734. The van der Waals surface area contributed by atoms with Gasteiger partial charge in [0.1, 0.15) is 0 Å². The number of likely N-dealkylation sites (tertiary alicyclic amines) is 1.